The first-order valence-corrected chi connectivity index (χ1v) is 26.3. The van der Waals surface area contributed by atoms with E-state index < -0.39 is 0 Å². The molecule has 0 aromatic heterocycles. The minimum absolute atomic E-state index is 0.0520. The van der Waals surface area contributed by atoms with Crippen molar-refractivity contribution in [3.63, 3.8) is 0 Å². The van der Waals surface area contributed by atoms with Crippen molar-refractivity contribution in [3.8, 4) is 0 Å². The lowest BCUT2D eigenvalue weighted by molar-refractivity contribution is 0.325. The van der Waals surface area contributed by atoms with Crippen LogP contribution in [0.5, 0.6) is 0 Å². The van der Waals surface area contributed by atoms with Gasteiger partial charge in [-0.3, -0.25) is 0 Å². The van der Waals surface area contributed by atoms with Gasteiger partial charge in [-0.2, -0.15) is 0 Å². The number of rotatable bonds is 4. The van der Waals surface area contributed by atoms with Gasteiger partial charge >= 0.3 is 0 Å². The van der Waals surface area contributed by atoms with E-state index in [-0.39, 0.29) is 36.6 Å². The fourth-order valence-corrected chi connectivity index (χ4v) is 16.7. The SMILES string of the molecule is C1=CC2=C3N(c4ccccc4)c4cccc5c4B2C2C4c6cc7c(cc6N6c8ccccc8C(CC2N5c2ccccc2)C46)N(c2ccccc2)c2cccc4c2B7C2=C(C=CC3(C1)C2)N4c1ccccc1. The van der Waals surface area contributed by atoms with Crippen molar-refractivity contribution in [3.05, 3.63) is 252 Å². The molecule has 18 rings (SSSR count). The van der Waals surface area contributed by atoms with Gasteiger partial charge in [0, 0.05) is 103 Å². The topological polar surface area (TPSA) is 16.2 Å². The first-order valence-electron chi connectivity index (χ1n) is 26.3. The molecule has 5 nitrogen and oxygen atoms in total. The average molecular weight is 920 g/mol. The molecule has 3 aliphatic carbocycles. The molecule has 1 saturated carbocycles. The molecule has 0 N–H and O–H groups in total. The molecule has 338 valence electrons. The van der Waals surface area contributed by atoms with Gasteiger partial charge in [0.05, 0.1) is 0 Å². The molecule has 10 aliphatic rings. The minimum atomic E-state index is -0.311. The van der Waals surface area contributed by atoms with Gasteiger partial charge in [-0.1, -0.05) is 138 Å². The molecule has 1 fully saturated rings. The number of fused-ring (bicyclic) bond motifs is 4. The van der Waals surface area contributed by atoms with Crippen molar-refractivity contribution in [1.82, 2.24) is 0 Å². The maximum absolute atomic E-state index is 2.86. The fraction of sp³-hybridized carbons (Fsp3) is 0.138. The standard InChI is InChI=1S/C65H47B2N5/c1-5-18-40(19-6-1)68-51-33-35-65-34-17-27-47-64(65)71(43-24-11-4-12-25-43)55-32-16-31-54-61(55)67(47)62-58(70(54)42-22-9-3-10-23-42)37-45-44-26-13-14-28-50(44)72-56-38-57-48(36-46(56)59(62)63(45)72)66(49(51)39-65)60-52(68)29-15-30-53(60)69(57)41-20-7-2-8-21-41/h1-33,35-36,38,45,58-59,62-63H,34,37,39H2. The number of hydrogen-bond acceptors (Lipinski definition) is 5. The second kappa shape index (κ2) is 13.6. The molecule has 7 bridgehead atoms. The molecule has 8 aromatic carbocycles. The zero-order valence-electron chi connectivity index (χ0n) is 39.7. The molecule has 7 aliphatic heterocycles. The van der Waals surface area contributed by atoms with Crippen LogP contribution < -0.4 is 40.9 Å². The van der Waals surface area contributed by atoms with E-state index in [9.17, 15) is 0 Å². The van der Waals surface area contributed by atoms with E-state index in [1.165, 1.54) is 112 Å². The van der Waals surface area contributed by atoms with E-state index in [2.05, 4.69) is 243 Å². The zero-order valence-corrected chi connectivity index (χ0v) is 39.7. The largest absolute Gasteiger partial charge is 0.339 e. The minimum Gasteiger partial charge on any atom is -0.339 e. The molecule has 0 amide bonds. The summed E-state index contributed by atoms with van der Waals surface area (Å²) in [4.78, 5) is 13.6. The molecular formula is C65H47B2N5. The number of hydrogen-bond donors (Lipinski definition) is 0. The van der Waals surface area contributed by atoms with E-state index in [4.69, 9.17) is 0 Å². The summed E-state index contributed by atoms with van der Waals surface area (Å²) in [6.07, 6.45) is 13.4. The second-order valence-electron chi connectivity index (χ2n) is 21.9. The van der Waals surface area contributed by atoms with Crippen LogP contribution in [0.1, 0.15) is 42.2 Å². The van der Waals surface area contributed by atoms with Crippen molar-refractivity contribution in [2.24, 2.45) is 5.41 Å². The van der Waals surface area contributed by atoms with Gasteiger partial charge in [0.2, 0.25) is 13.4 Å². The Morgan fingerprint density at radius 1 is 0.486 bits per heavy atom. The zero-order chi connectivity index (χ0) is 46.6. The van der Waals surface area contributed by atoms with Crippen LogP contribution in [0.3, 0.4) is 0 Å². The smallest absolute Gasteiger partial charge is 0.247 e. The quantitative estimate of drug-likeness (QED) is 0.163. The molecule has 1 spiro atoms. The van der Waals surface area contributed by atoms with Crippen LogP contribution in [0, 0.1) is 5.41 Å². The highest BCUT2D eigenvalue weighted by Gasteiger charge is 2.65. The number of nitrogens with zero attached hydrogens (tertiary/aromatic N) is 5. The van der Waals surface area contributed by atoms with Crippen LogP contribution in [0.25, 0.3) is 0 Å². The fourth-order valence-electron chi connectivity index (χ4n) is 16.7. The van der Waals surface area contributed by atoms with Gasteiger partial charge in [-0.25, -0.2) is 0 Å². The Morgan fingerprint density at radius 3 is 1.83 bits per heavy atom. The van der Waals surface area contributed by atoms with Gasteiger partial charge in [0.15, 0.2) is 0 Å². The van der Waals surface area contributed by atoms with Crippen LogP contribution in [0.2, 0.25) is 5.82 Å². The number of allylic oxidation sites excluding steroid dienone is 6. The third-order valence-electron chi connectivity index (χ3n) is 18.9. The van der Waals surface area contributed by atoms with Gasteiger partial charge in [-0.05, 0) is 144 Å². The number of benzene rings is 8. The van der Waals surface area contributed by atoms with E-state index >= 15 is 0 Å². The molecule has 8 aromatic rings. The highest BCUT2D eigenvalue weighted by Crippen LogP contribution is 2.69. The molecule has 0 radical (unpaired) electrons. The van der Waals surface area contributed by atoms with Crippen molar-refractivity contribution >= 4 is 92.4 Å². The molecule has 6 atom stereocenters. The molecule has 0 saturated heterocycles. The Labute approximate surface area is 421 Å². The van der Waals surface area contributed by atoms with Gasteiger partial charge in [0.1, 0.15) is 0 Å². The van der Waals surface area contributed by atoms with E-state index in [0.717, 1.165) is 19.3 Å². The monoisotopic (exact) mass is 919 g/mol. The van der Waals surface area contributed by atoms with E-state index in [0.29, 0.717) is 12.0 Å². The first-order chi connectivity index (χ1) is 35.7. The lowest BCUT2D eigenvalue weighted by atomic mass is 9.24. The Kier molecular flexibility index (Phi) is 7.30. The van der Waals surface area contributed by atoms with E-state index in [1.807, 2.05) is 0 Å². The Balaban J connectivity index is 1.01. The highest BCUT2D eigenvalue weighted by atomic mass is 15.3. The third-order valence-corrected chi connectivity index (χ3v) is 18.9. The van der Waals surface area contributed by atoms with Gasteiger partial charge < -0.3 is 24.5 Å². The molecule has 7 heteroatoms. The van der Waals surface area contributed by atoms with Crippen LogP contribution in [-0.2, 0) is 0 Å². The summed E-state index contributed by atoms with van der Waals surface area (Å²) < 4.78 is 0. The molecule has 72 heavy (non-hydrogen) atoms. The van der Waals surface area contributed by atoms with Crippen LogP contribution >= 0.6 is 0 Å². The Morgan fingerprint density at radius 2 is 1.10 bits per heavy atom. The predicted molar refractivity (Wildman–Crippen MR) is 298 cm³/mol. The third kappa shape index (κ3) is 4.61. The summed E-state index contributed by atoms with van der Waals surface area (Å²) in [7, 11) is 0. The van der Waals surface area contributed by atoms with Crippen molar-refractivity contribution in [1.29, 1.82) is 0 Å². The lowest BCUT2D eigenvalue weighted by Gasteiger charge is -2.59. The number of para-hydroxylation sites is 5. The maximum Gasteiger partial charge on any atom is 0.247 e. The van der Waals surface area contributed by atoms with Crippen LogP contribution in [0.15, 0.2) is 241 Å². The van der Waals surface area contributed by atoms with Crippen LogP contribution in [0.4, 0.5) is 62.6 Å². The van der Waals surface area contributed by atoms with Crippen molar-refractivity contribution in [2.75, 3.05) is 24.5 Å². The molecular weight excluding hydrogens is 872 g/mol. The Hall–Kier alpha value is -8.15. The highest BCUT2D eigenvalue weighted by molar-refractivity contribution is 6.95. The normalized spacial score (nSPS) is 25.1. The summed E-state index contributed by atoms with van der Waals surface area (Å²) >= 11 is 0. The second-order valence-corrected chi connectivity index (χ2v) is 21.9. The lowest BCUT2D eigenvalue weighted by Crippen LogP contribution is -2.63. The summed E-state index contributed by atoms with van der Waals surface area (Å²) in [6.45, 7) is 0.235. The first kappa shape index (κ1) is 38.6. The number of anilines is 11. The molecule has 7 heterocycles. The van der Waals surface area contributed by atoms with Crippen molar-refractivity contribution in [2.45, 2.75) is 49.0 Å². The summed E-state index contributed by atoms with van der Waals surface area (Å²) in [5.41, 5.74) is 27.2. The Bertz CT molecular complexity index is 3830. The maximum atomic E-state index is 2.86. The van der Waals surface area contributed by atoms with Crippen molar-refractivity contribution < 1.29 is 0 Å². The predicted octanol–water partition coefficient (Wildman–Crippen LogP) is 13.3. The van der Waals surface area contributed by atoms with E-state index in [1.54, 1.807) is 0 Å². The summed E-state index contributed by atoms with van der Waals surface area (Å²) in [6, 6.07) is 75.1. The van der Waals surface area contributed by atoms with Gasteiger partial charge in [-0.15, -0.1) is 0 Å². The molecule has 6 unspecified atom stereocenters. The van der Waals surface area contributed by atoms with Gasteiger partial charge in [0.25, 0.3) is 0 Å². The summed E-state index contributed by atoms with van der Waals surface area (Å²) in [5.74, 6) is 0.913. The van der Waals surface area contributed by atoms with Crippen LogP contribution in [-0.4, -0.2) is 25.5 Å². The summed E-state index contributed by atoms with van der Waals surface area (Å²) in [5, 5.41) is 0. The average Bonchev–Trinajstić information content (AvgIpc) is 3.96.